The van der Waals surface area contributed by atoms with Gasteiger partial charge in [0.15, 0.2) is 0 Å². The highest BCUT2D eigenvalue weighted by Gasteiger charge is 2.16. The van der Waals surface area contributed by atoms with Crippen molar-refractivity contribution in [2.24, 2.45) is 0 Å². The zero-order valence-electron chi connectivity index (χ0n) is 9.90. The molecule has 0 unspecified atom stereocenters. The predicted molar refractivity (Wildman–Crippen MR) is 85.8 cm³/mol. The van der Waals surface area contributed by atoms with Gasteiger partial charge in [0.25, 0.3) is 10.0 Å². The van der Waals surface area contributed by atoms with E-state index in [1.54, 1.807) is 6.07 Å². The van der Waals surface area contributed by atoms with Crippen LogP contribution in [-0.4, -0.2) is 8.42 Å². The van der Waals surface area contributed by atoms with E-state index < -0.39 is 10.0 Å². The van der Waals surface area contributed by atoms with Crippen LogP contribution in [-0.2, 0) is 10.0 Å². The number of sulfonamides is 1. The van der Waals surface area contributed by atoms with Crippen LogP contribution < -0.4 is 10.5 Å². The van der Waals surface area contributed by atoms with Crippen molar-refractivity contribution < 1.29 is 8.42 Å². The van der Waals surface area contributed by atoms with Crippen LogP contribution in [0.15, 0.2) is 45.8 Å². The molecule has 0 saturated carbocycles. The Morgan fingerprint density at radius 1 is 1.10 bits per heavy atom. The SMILES string of the molecule is Nc1cc(Cl)ccc1NS(=O)(=O)c1ccc(Cl)c(Br)c1. The molecule has 0 aliphatic heterocycles. The van der Waals surface area contributed by atoms with Gasteiger partial charge in [-0.25, -0.2) is 8.42 Å². The summed E-state index contributed by atoms with van der Waals surface area (Å²) in [4.78, 5) is 0.0723. The number of anilines is 2. The predicted octanol–water partition coefficient (Wildman–Crippen LogP) is 4.14. The van der Waals surface area contributed by atoms with Gasteiger partial charge in [-0.3, -0.25) is 4.72 Å². The summed E-state index contributed by atoms with van der Waals surface area (Å²) in [6.45, 7) is 0. The molecule has 0 saturated heterocycles. The standard InChI is InChI=1S/C12H9BrCl2N2O2S/c13-9-6-8(2-3-10(9)15)20(18,19)17-12-4-1-7(14)5-11(12)16/h1-6,17H,16H2. The summed E-state index contributed by atoms with van der Waals surface area (Å²) < 4.78 is 27.4. The molecule has 0 amide bonds. The third kappa shape index (κ3) is 3.38. The number of nitrogens with two attached hydrogens (primary N) is 1. The Labute approximate surface area is 135 Å². The summed E-state index contributed by atoms with van der Waals surface area (Å²) in [5.74, 6) is 0. The lowest BCUT2D eigenvalue weighted by atomic mass is 10.3. The van der Waals surface area contributed by atoms with Gasteiger partial charge in [0.05, 0.1) is 21.3 Å². The Bertz CT molecular complexity index is 766. The number of rotatable bonds is 3. The first-order chi connectivity index (χ1) is 9.29. The average molecular weight is 396 g/mol. The largest absolute Gasteiger partial charge is 0.397 e. The fourth-order valence-electron chi connectivity index (χ4n) is 1.47. The van der Waals surface area contributed by atoms with Crippen LogP contribution in [0.1, 0.15) is 0 Å². The topological polar surface area (TPSA) is 72.2 Å². The molecule has 0 spiro atoms. The summed E-state index contributed by atoms with van der Waals surface area (Å²) in [6, 6.07) is 8.83. The Kier molecular flexibility index (Phi) is 4.49. The molecule has 0 bridgehead atoms. The molecule has 2 aromatic rings. The Morgan fingerprint density at radius 3 is 2.40 bits per heavy atom. The van der Waals surface area contributed by atoms with Crippen LogP contribution in [0.2, 0.25) is 10.0 Å². The molecule has 2 aromatic carbocycles. The van der Waals surface area contributed by atoms with Gasteiger partial charge in [0.1, 0.15) is 0 Å². The molecule has 0 heterocycles. The molecule has 4 nitrogen and oxygen atoms in total. The van der Waals surface area contributed by atoms with Crippen molar-refractivity contribution in [1.29, 1.82) is 0 Å². The second kappa shape index (κ2) is 5.81. The maximum Gasteiger partial charge on any atom is 0.262 e. The highest BCUT2D eigenvalue weighted by Crippen LogP contribution is 2.28. The van der Waals surface area contributed by atoms with E-state index in [4.69, 9.17) is 28.9 Å². The van der Waals surface area contributed by atoms with Crippen molar-refractivity contribution in [3.8, 4) is 0 Å². The van der Waals surface area contributed by atoms with Gasteiger partial charge < -0.3 is 5.73 Å². The molecular formula is C12H9BrCl2N2O2S. The smallest absolute Gasteiger partial charge is 0.262 e. The molecule has 106 valence electrons. The fraction of sp³-hybridized carbons (Fsp3) is 0. The van der Waals surface area contributed by atoms with Crippen LogP contribution in [0.4, 0.5) is 11.4 Å². The van der Waals surface area contributed by atoms with Crippen molar-refractivity contribution in [2.75, 3.05) is 10.5 Å². The van der Waals surface area contributed by atoms with Crippen LogP contribution >= 0.6 is 39.1 Å². The third-order valence-electron chi connectivity index (χ3n) is 2.46. The minimum Gasteiger partial charge on any atom is -0.397 e. The summed E-state index contributed by atoms with van der Waals surface area (Å²) >= 11 is 14.8. The highest BCUT2D eigenvalue weighted by atomic mass is 79.9. The minimum absolute atomic E-state index is 0.0723. The number of nitrogen functional groups attached to an aromatic ring is 1. The van der Waals surface area contributed by atoms with E-state index in [2.05, 4.69) is 20.7 Å². The minimum atomic E-state index is -3.75. The molecule has 0 aliphatic rings. The van der Waals surface area contributed by atoms with E-state index in [0.717, 1.165) is 0 Å². The van der Waals surface area contributed by atoms with Crippen LogP contribution in [0, 0.1) is 0 Å². The molecule has 8 heteroatoms. The third-order valence-corrected chi connectivity index (χ3v) is 5.27. The molecule has 0 fully saturated rings. The Morgan fingerprint density at radius 2 is 1.80 bits per heavy atom. The van der Waals surface area contributed by atoms with E-state index in [1.165, 1.54) is 30.3 Å². The van der Waals surface area contributed by atoms with Gasteiger partial charge in [-0.15, -0.1) is 0 Å². The highest BCUT2D eigenvalue weighted by molar-refractivity contribution is 9.10. The summed E-state index contributed by atoms with van der Waals surface area (Å²) in [6.07, 6.45) is 0. The molecule has 0 aromatic heterocycles. The number of nitrogens with one attached hydrogen (secondary N) is 1. The maximum absolute atomic E-state index is 12.2. The zero-order chi connectivity index (χ0) is 14.9. The first-order valence-corrected chi connectivity index (χ1v) is 8.36. The van der Waals surface area contributed by atoms with Gasteiger partial charge in [-0.2, -0.15) is 0 Å². The first kappa shape index (κ1) is 15.4. The van der Waals surface area contributed by atoms with Crippen molar-refractivity contribution in [1.82, 2.24) is 0 Å². The normalized spacial score (nSPS) is 11.3. The fourth-order valence-corrected chi connectivity index (χ4v) is 3.42. The quantitative estimate of drug-likeness (QED) is 0.767. The van der Waals surface area contributed by atoms with E-state index in [1.807, 2.05) is 0 Å². The molecule has 2 rings (SSSR count). The van der Waals surface area contributed by atoms with Gasteiger partial charge in [0.2, 0.25) is 0 Å². The van der Waals surface area contributed by atoms with E-state index in [9.17, 15) is 8.42 Å². The zero-order valence-corrected chi connectivity index (χ0v) is 13.8. The van der Waals surface area contributed by atoms with Crippen molar-refractivity contribution in [3.05, 3.63) is 50.9 Å². The molecule has 0 aliphatic carbocycles. The van der Waals surface area contributed by atoms with Gasteiger partial charge in [0, 0.05) is 9.50 Å². The van der Waals surface area contributed by atoms with Gasteiger partial charge in [-0.05, 0) is 52.3 Å². The molecular weight excluding hydrogens is 387 g/mol. The second-order valence-electron chi connectivity index (χ2n) is 3.91. The first-order valence-electron chi connectivity index (χ1n) is 5.32. The lowest BCUT2D eigenvalue weighted by molar-refractivity contribution is 0.601. The number of hydrogen-bond acceptors (Lipinski definition) is 3. The lowest BCUT2D eigenvalue weighted by Crippen LogP contribution is -2.14. The number of hydrogen-bond donors (Lipinski definition) is 2. The summed E-state index contributed by atoms with van der Waals surface area (Å²) in [7, 11) is -3.75. The van der Waals surface area contributed by atoms with Crippen molar-refractivity contribution in [2.45, 2.75) is 4.90 Å². The summed E-state index contributed by atoms with van der Waals surface area (Å²) in [5, 5.41) is 0.856. The van der Waals surface area contributed by atoms with E-state index in [-0.39, 0.29) is 16.3 Å². The monoisotopic (exact) mass is 394 g/mol. The Balaban J connectivity index is 2.38. The van der Waals surface area contributed by atoms with Crippen LogP contribution in [0.5, 0.6) is 0 Å². The second-order valence-corrected chi connectivity index (χ2v) is 7.29. The lowest BCUT2D eigenvalue weighted by Gasteiger charge is -2.11. The van der Waals surface area contributed by atoms with Crippen LogP contribution in [0.25, 0.3) is 0 Å². The van der Waals surface area contributed by atoms with E-state index in [0.29, 0.717) is 14.5 Å². The average Bonchev–Trinajstić information content (AvgIpc) is 2.36. The van der Waals surface area contributed by atoms with Crippen molar-refractivity contribution in [3.63, 3.8) is 0 Å². The van der Waals surface area contributed by atoms with Crippen molar-refractivity contribution >= 4 is 60.5 Å². The Hall–Kier alpha value is -0.950. The summed E-state index contributed by atoms with van der Waals surface area (Å²) in [5.41, 5.74) is 6.23. The molecule has 0 radical (unpaired) electrons. The number of halogens is 3. The molecule has 20 heavy (non-hydrogen) atoms. The van der Waals surface area contributed by atoms with Crippen LogP contribution in [0.3, 0.4) is 0 Å². The van der Waals surface area contributed by atoms with E-state index >= 15 is 0 Å². The maximum atomic E-state index is 12.2. The number of benzene rings is 2. The molecule has 0 atom stereocenters. The van der Waals surface area contributed by atoms with Gasteiger partial charge in [-0.1, -0.05) is 23.2 Å². The molecule has 3 N–H and O–H groups in total. The van der Waals surface area contributed by atoms with Gasteiger partial charge >= 0.3 is 0 Å².